The van der Waals surface area contributed by atoms with E-state index in [0.29, 0.717) is 65.6 Å². The standard InChI is InChI=1S/C44H50N11O4/c1-50-17-19-52(20-18-50)42(57)29-54-27-36(44-39(58-34-13-14-34)21-32(25-46-44)11-9-30-5-6-30)48-55(54)37-23-38(37)59-40-22-33(12-10-31-7-8-31)24-45-43(40)35-26-53(49-47-35)28-41(56)51-15-3-2-4-16-51/h21-22,24-27,30-31,34,37-38H,2-8,13-20,23,28-29H2,1H3/q+1. The quantitative estimate of drug-likeness (QED) is 0.164. The first-order chi connectivity index (χ1) is 28.9. The van der Waals surface area contributed by atoms with Crippen LogP contribution in [-0.4, -0.2) is 120 Å². The maximum atomic E-state index is 13.8. The number of hydrogen-bond donors (Lipinski definition) is 0. The molecule has 2 saturated heterocycles. The number of likely N-dealkylation sites (tertiary alicyclic amines) is 1. The Morgan fingerprint density at radius 1 is 0.780 bits per heavy atom. The van der Waals surface area contributed by atoms with E-state index in [-0.39, 0.29) is 43.2 Å². The van der Waals surface area contributed by atoms with Crippen molar-refractivity contribution < 1.29 is 23.7 Å². The van der Waals surface area contributed by atoms with Crippen LogP contribution in [-0.2, 0) is 22.7 Å². The fourth-order valence-electron chi connectivity index (χ4n) is 7.52. The highest BCUT2D eigenvalue weighted by Crippen LogP contribution is 2.42. The molecule has 4 aromatic rings. The molecule has 59 heavy (non-hydrogen) atoms. The predicted molar refractivity (Wildman–Crippen MR) is 214 cm³/mol. The van der Waals surface area contributed by atoms with Crippen LogP contribution in [0.25, 0.3) is 22.8 Å². The molecule has 6 fully saturated rings. The van der Waals surface area contributed by atoms with Gasteiger partial charge in [-0.2, -0.15) is 0 Å². The lowest BCUT2D eigenvalue weighted by atomic mass is 10.1. The highest BCUT2D eigenvalue weighted by atomic mass is 16.5. The molecule has 0 spiro atoms. The zero-order valence-corrected chi connectivity index (χ0v) is 33.6. The van der Waals surface area contributed by atoms with Gasteiger partial charge in [-0.3, -0.25) is 9.59 Å². The minimum absolute atomic E-state index is 0.0368. The summed E-state index contributed by atoms with van der Waals surface area (Å²) in [5, 5.41) is 13.8. The fraction of sp³-hybridized carbons (Fsp3) is 0.545. The number of ether oxygens (including phenoxy) is 2. The van der Waals surface area contributed by atoms with Gasteiger partial charge >= 0.3 is 0 Å². The summed E-state index contributed by atoms with van der Waals surface area (Å²) < 4.78 is 16.6. The molecule has 2 unspecified atom stereocenters. The third-order valence-electron chi connectivity index (χ3n) is 11.7. The summed E-state index contributed by atoms with van der Waals surface area (Å²) in [6.07, 6.45) is 17.5. The predicted octanol–water partition coefficient (Wildman–Crippen LogP) is 3.13. The number of pyridine rings is 2. The van der Waals surface area contributed by atoms with Crippen molar-refractivity contribution in [1.29, 1.82) is 0 Å². The van der Waals surface area contributed by atoms with Gasteiger partial charge in [0, 0.05) is 81.0 Å². The van der Waals surface area contributed by atoms with Crippen molar-refractivity contribution in [2.75, 3.05) is 46.3 Å². The largest absolute Gasteiger partial charge is 0.488 e. The molecule has 0 radical (unpaired) electrons. The number of carbonyl (C=O) groups excluding carboxylic acids is 2. The smallest absolute Gasteiger partial charge is 0.270 e. The van der Waals surface area contributed by atoms with Gasteiger partial charge < -0.3 is 24.2 Å². The average Bonchev–Trinajstić information content (AvgIpc) is 4.05. The molecule has 4 aromatic heterocycles. The molecule has 0 bridgehead atoms. The van der Waals surface area contributed by atoms with Crippen LogP contribution in [0.3, 0.4) is 0 Å². The van der Waals surface area contributed by atoms with E-state index < -0.39 is 0 Å². The number of likely N-dealkylation sites (N-methyl/N-ethyl adjacent to an activating group) is 1. The number of hydrogen-bond acceptors (Lipinski definition) is 10. The van der Waals surface area contributed by atoms with Crippen molar-refractivity contribution in [3.63, 3.8) is 0 Å². The molecule has 304 valence electrons. The molecule has 6 aliphatic rings. The molecule has 0 aromatic carbocycles. The van der Waals surface area contributed by atoms with Crippen molar-refractivity contribution >= 4 is 11.8 Å². The van der Waals surface area contributed by atoms with E-state index >= 15 is 0 Å². The van der Waals surface area contributed by atoms with E-state index in [4.69, 9.17) is 24.5 Å². The summed E-state index contributed by atoms with van der Waals surface area (Å²) in [6.45, 7) is 4.84. The molecule has 0 N–H and O–H groups in total. The molecule has 4 aliphatic carbocycles. The molecule has 2 atom stereocenters. The Morgan fingerprint density at radius 2 is 1.42 bits per heavy atom. The lowest BCUT2D eigenvalue weighted by Crippen LogP contribution is -2.54. The molecular formula is C44H50N11O4+. The van der Waals surface area contributed by atoms with Gasteiger partial charge in [-0.15, -0.1) is 9.78 Å². The van der Waals surface area contributed by atoms with Crippen molar-refractivity contribution in [3.05, 3.63) is 48.0 Å². The minimum Gasteiger partial charge on any atom is -0.488 e. The highest BCUT2D eigenvalue weighted by Gasteiger charge is 2.49. The minimum atomic E-state index is -0.272. The van der Waals surface area contributed by atoms with Gasteiger partial charge in [0.15, 0.2) is 30.2 Å². The number of amides is 2. The summed E-state index contributed by atoms with van der Waals surface area (Å²) in [5.74, 6) is 15.4. The topological polar surface area (TPSA) is 141 Å². The van der Waals surface area contributed by atoms with Gasteiger partial charge in [0.25, 0.3) is 11.6 Å². The summed E-state index contributed by atoms with van der Waals surface area (Å²) in [6, 6.07) is 3.72. The van der Waals surface area contributed by atoms with Crippen LogP contribution in [0.15, 0.2) is 36.9 Å². The van der Waals surface area contributed by atoms with Crippen LogP contribution in [0.2, 0.25) is 0 Å². The normalized spacial score (nSPS) is 21.6. The molecule has 15 nitrogen and oxygen atoms in total. The van der Waals surface area contributed by atoms with Crippen LogP contribution in [0.1, 0.15) is 81.4 Å². The monoisotopic (exact) mass is 796 g/mol. The number of aromatic nitrogens is 8. The zero-order chi connectivity index (χ0) is 39.9. The van der Waals surface area contributed by atoms with Crippen LogP contribution in [0, 0.1) is 35.5 Å². The first kappa shape index (κ1) is 37.5. The second-order valence-electron chi connectivity index (χ2n) is 17.0. The van der Waals surface area contributed by atoms with Crippen molar-refractivity contribution in [1.82, 2.24) is 49.6 Å². The Bertz CT molecular complexity index is 2360. The van der Waals surface area contributed by atoms with Crippen molar-refractivity contribution in [3.8, 4) is 58.0 Å². The Balaban J connectivity index is 0.934. The van der Waals surface area contributed by atoms with Crippen LogP contribution in [0.4, 0.5) is 0 Å². The molecule has 4 saturated carbocycles. The maximum Gasteiger partial charge on any atom is 0.270 e. The van der Waals surface area contributed by atoms with Gasteiger partial charge in [-0.05, 0) is 81.8 Å². The Kier molecular flexibility index (Phi) is 10.2. The van der Waals surface area contributed by atoms with Crippen LogP contribution >= 0.6 is 0 Å². The van der Waals surface area contributed by atoms with Gasteiger partial charge in [0.05, 0.1) is 17.4 Å². The Labute approximate surface area is 344 Å². The Hall–Kier alpha value is -5.80. The Morgan fingerprint density at radius 3 is 2.08 bits per heavy atom. The van der Waals surface area contributed by atoms with E-state index in [1.54, 1.807) is 23.3 Å². The third-order valence-corrected chi connectivity index (χ3v) is 11.7. The van der Waals surface area contributed by atoms with E-state index in [1.165, 1.54) is 0 Å². The number of rotatable bonds is 11. The van der Waals surface area contributed by atoms with E-state index in [2.05, 4.69) is 45.9 Å². The first-order valence-corrected chi connectivity index (χ1v) is 21.4. The molecule has 2 amide bonds. The fourth-order valence-corrected chi connectivity index (χ4v) is 7.52. The number of carbonyl (C=O) groups is 2. The maximum absolute atomic E-state index is 13.8. The number of piperidine rings is 1. The SMILES string of the molecule is CN1CCN(C(=O)C[n+]2cc(-c3ncc(C#CC4CC4)cc3OC3CC3)nn2C2CC2Oc2cc(C#CC3CC3)cnc2-c2cn(CC(=O)N3CCCCC3)nn2)CC1. The number of nitrogens with zero attached hydrogens (tertiary/aromatic N) is 11. The summed E-state index contributed by atoms with van der Waals surface area (Å²) in [4.78, 5) is 44.4. The highest BCUT2D eigenvalue weighted by molar-refractivity contribution is 5.76. The number of piperazine rings is 1. The van der Waals surface area contributed by atoms with E-state index in [9.17, 15) is 9.59 Å². The molecule has 10 rings (SSSR count). The van der Waals surface area contributed by atoms with Crippen molar-refractivity contribution in [2.24, 2.45) is 11.8 Å². The average molecular weight is 797 g/mol. The van der Waals surface area contributed by atoms with Gasteiger partial charge in [-0.1, -0.05) is 28.9 Å². The van der Waals surface area contributed by atoms with Crippen LogP contribution in [0.5, 0.6) is 11.5 Å². The lowest BCUT2D eigenvalue weighted by Gasteiger charge is -2.31. The second-order valence-corrected chi connectivity index (χ2v) is 17.0. The lowest BCUT2D eigenvalue weighted by molar-refractivity contribution is -0.770. The molecule has 2 aliphatic heterocycles. The second kappa shape index (κ2) is 16.1. The third kappa shape index (κ3) is 9.10. The first-order valence-electron chi connectivity index (χ1n) is 21.4. The van der Waals surface area contributed by atoms with Gasteiger partial charge in [-0.25, -0.2) is 14.6 Å². The van der Waals surface area contributed by atoms with Crippen molar-refractivity contribution in [2.45, 2.75) is 95.5 Å². The molecular weight excluding hydrogens is 747 g/mol. The summed E-state index contributed by atoms with van der Waals surface area (Å²) >= 11 is 0. The zero-order valence-electron chi connectivity index (χ0n) is 33.6. The van der Waals surface area contributed by atoms with Crippen LogP contribution < -0.4 is 14.2 Å². The van der Waals surface area contributed by atoms with Gasteiger partial charge in [0.1, 0.15) is 29.8 Å². The molecule has 6 heterocycles. The summed E-state index contributed by atoms with van der Waals surface area (Å²) in [7, 11) is 2.08. The molecule has 15 heteroatoms. The van der Waals surface area contributed by atoms with Gasteiger partial charge in [0.2, 0.25) is 5.91 Å². The van der Waals surface area contributed by atoms with E-state index in [0.717, 1.165) is 95.1 Å². The summed E-state index contributed by atoms with van der Waals surface area (Å²) in [5.41, 5.74) is 3.87. The van der Waals surface area contributed by atoms with E-state index in [1.807, 2.05) is 37.6 Å².